The molecule has 0 aliphatic rings. The van der Waals surface area contributed by atoms with Crippen LogP contribution in [0.3, 0.4) is 0 Å². The van der Waals surface area contributed by atoms with Gasteiger partial charge in [-0.3, -0.25) is 0 Å². The van der Waals surface area contributed by atoms with Crippen LogP contribution in [0.25, 0.3) is 0 Å². The molecule has 0 aromatic carbocycles. The molecular weight excluding hydrogens is 114 g/mol. The summed E-state index contributed by atoms with van der Waals surface area (Å²) in [5.74, 6) is 0. The first-order chi connectivity index (χ1) is 4.29. The summed E-state index contributed by atoms with van der Waals surface area (Å²) in [6.07, 6.45) is 4.50. The highest BCUT2D eigenvalue weighted by molar-refractivity contribution is 4.81. The fraction of sp³-hybridized carbons (Fsp3) is 0.500. The van der Waals surface area contributed by atoms with Crippen LogP contribution in [0.1, 0.15) is 13.8 Å². The molecule has 49 valence electrons. The molecule has 3 heteroatoms. The molecule has 1 heterocycles. The zero-order chi connectivity index (χ0) is 6.69. The summed E-state index contributed by atoms with van der Waals surface area (Å²) >= 11 is 0. The van der Waals surface area contributed by atoms with Crippen LogP contribution in [0.15, 0.2) is 12.3 Å². The van der Waals surface area contributed by atoms with Crippen molar-refractivity contribution in [3.05, 3.63) is 18.5 Å². The van der Waals surface area contributed by atoms with E-state index < -0.39 is 0 Å². The predicted octanol–water partition coefficient (Wildman–Crippen LogP) is 0.635. The first-order valence-corrected chi connectivity index (χ1v) is 2.97. The van der Waals surface area contributed by atoms with Crippen LogP contribution in [-0.4, -0.2) is 15.9 Å². The van der Waals surface area contributed by atoms with Gasteiger partial charge in [0.05, 0.1) is 0 Å². The molecule has 0 amide bonds. The molecule has 0 atom stereocenters. The van der Waals surface area contributed by atoms with Gasteiger partial charge in [-0.1, -0.05) is 0 Å². The molecule has 1 aromatic heterocycles. The second-order valence-electron chi connectivity index (χ2n) is 2.17. The van der Waals surface area contributed by atoms with E-state index in [2.05, 4.69) is 30.6 Å². The van der Waals surface area contributed by atoms with E-state index in [1.165, 1.54) is 0 Å². The molecule has 3 nitrogen and oxygen atoms in total. The Hall–Kier alpha value is -0.990. The van der Waals surface area contributed by atoms with E-state index in [1.807, 2.05) is 6.20 Å². The lowest BCUT2D eigenvalue weighted by molar-refractivity contribution is 0.667. The Labute approximate surface area is 54.7 Å². The van der Waals surface area contributed by atoms with Crippen molar-refractivity contribution in [2.24, 2.45) is 0 Å². The zero-order valence-electron chi connectivity index (χ0n) is 5.63. The standard InChI is InChI=1S/C6H10N3/c1-6(2)8-9-5-3-4-7-9/h3,5-6,8H,1-2H3. The Kier molecular flexibility index (Phi) is 1.72. The van der Waals surface area contributed by atoms with Crippen molar-refractivity contribution >= 4 is 0 Å². The van der Waals surface area contributed by atoms with E-state index in [1.54, 1.807) is 10.9 Å². The summed E-state index contributed by atoms with van der Waals surface area (Å²) in [6, 6.07) is 2.17. The molecule has 1 radical (unpaired) electrons. The van der Waals surface area contributed by atoms with E-state index in [-0.39, 0.29) is 0 Å². The summed E-state index contributed by atoms with van der Waals surface area (Å²) in [4.78, 5) is 1.64. The fourth-order valence-electron chi connectivity index (χ4n) is 0.569. The molecule has 0 unspecified atom stereocenters. The third-order valence-corrected chi connectivity index (χ3v) is 0.846. The fourth-order valence-corrected chi connectivity index (χ4v) is 0.569. The van der Waals surface area contributed by atoms with Gasteiger partial charge in [-0.25, -0.2) is 0 Å². The number of nitrogens with one attached hydrogen (secondary N) is 1. The number of hydrogen-bond donors (Lipinski definition) is 1. The Balaban J connectivity index is 2.48. The zero-order valence-corrected chi connectivity index (χ0v) is 5.63. The minimum Gasteiger partial charge on any atom is -0.308 e. The van der Waals surface area contributed by atoms with E-state index in [0.717, 1.165) is 0 Å². The van der Waals surface area contributed by atoms with Crippen molar-refractivity contribution in [2.75, 3.05) is 5.43 Å². The molecule has 9 heavy (non-hydrogen) atoms. The van der Waals surface area contributed by atoms with Gasteiger partial charge in [-0.05, 0) is 19.9 Å². The highest BCUT2D eigenvalue weighted by Crippen LogP contribution is 1.82. The first-order valence-electron chi connectivity index (χ1n) is 2.97. The van der Waals surface area contributed by atoms with Gasteiger partial charge in [0.2, 0.25) is 0 Å². The van der Waals surface area contributed by atoms with Gasteiger partial charge in [0, 0.05) is 12.2 Å². The van der Waals surface area contributed by atoms with Gasteiger partial charge in [0.25, 0.3) is 0 Å². The second kappa shape index (κ2) is 2.53. The molecule has 0 fully saturated rings. The minimum absolute atomic E-state index is 0.415. The largest absolute Gasteiger partial charge is 0.308 e. The second-order valence-corrected chi connectivity index (χ2v) is 2.17. The molecule has 1 aromatic rings. The van der Waals surface area contributed by atoms with Crippen LogP contribution < -0.4 is 5.43 Å². The van der Waals surface area contributed by atoms with E-state index in [0.29, 0.717) is 6.04 Å². The molecular formula is C6H10N3. The number of aromatic nitrogens is 2. The van der Waals surface area contributed by atoms with Crippen LogP contribution in [0.2, 0.25) is 0 Å². The lowest BCUT2D eigenvalue weighted by atomic mass is 10.4. The minimum atomic E-state index is 0.415. The maximum Gasteiger partial charge on any atom is 0.115 e. The molecule has 1 N–H and O–H groups in total. The smallest absolute Gasteiger partial charge is 0.115 e. The molecule has 0 saturated heterocycles. The Morgan fingerprint density at radius 2 is 2.44 bits per heavy atom. The first kappa shape index (κ1) is 6.13. The summed E-state index contributed by atoms with van der Waals surface area (Å²) in [6.45, 7) is 4.11. The van der Waals surface area contributed by atoms with Crippen molar-refractivity contribution in [2.45, 2.75) is 19.9 Å². The third-order valence-electron chi connectivity index (χ3n) is 0.846. The van der Waals surface area contributed by atoms with Gasteiger partial charge in [-0.2, -0.15) is 9.89 Å². The van der Waals surface area contributed by atoms with Crippen molar-refractivity contribution in [1.82, 2.24) is 9.89 Å². The van der Waals surface area contributed by atoms with Crippen LogP contribution in [0.5, 0.6) is 0 Å². The SMILES string of the molecule is CC(C)Nn1cc[c]n1. The highest BCUT2D eigenvalue weighted by Gasteiger charge is 1.89. The molecule has 0 saturated carbocycles. The Morgan fingerprint density at radius 3 is 2.89 bits per heavy atom. The van der Waals surface area contributed by atoms with Crippen LogP contribution in [-0.2, 0) is 0 Å². The molecule has 0 aliphatic carbocycles. The molecule has 0 spiro atoms. The normalized spacial score (nSPS) is 10.1. The summed E-state index contributed by atoms with van der Waals surface area (Å²) in [5.41, 5.74) is 3.06. The predicted molar refractivity (Wildman–Crippen MR) is 35.6 cm³/mol. The molecule has 0 aliphatic heterocycles. The van der Waals surface area contributed by atoms with Crippen LogP contribution in [0, 0.1) is 6.20 Å². The Morgan fingerprint density at radius 1 is 1.67 bits per heavy atom. The monoisotopic (exact) mass is 124 g/mol. The van der Waals surface area contributed by atoms with Gasteiger partial charge < -0.3 is 5.43 Å². The van der Waals surface area contributed by atoms with Crippen molar-refractivity contribution in [1.29, 1.82) is 0 Å². The van der Waals surface area contributed by atoms with Gasteiger partial charge in [-0.15, -0.1) is 0 Å². The van der Waals surface area contributed by atoms with Gasteiger partial charge in [0.15, 0.2) is 0 Å². The van der Waals surface area contributed by atoms with Crippen molar-refractivity contribution in [3.8, 4) is 0 Å². The average molecular weight is 124 g/mol. The lowest BCUT2D eigenvalue weighted by Crippen LogP contribution is -2.22. The topological polar surface area (TPSA) is 29.9 Å². The number of hydrogen-bond acceptors (Lipinski definition) is 2. The van der Waals surface area contributed by atoms with E-state index >= 15 is 0 Å². The van der Waals surface area contributed by atoms with Crippen molar-refractivity contribution in [3.63, 3.8) is 0 Å². The van der Waals surface area contributed by atoms with E-state index in [9.17, 15) is 0 Å². The molecule has 1 rings (SSSR count). The third kappa shape index (κ3) is 1.76. The molecule has 0 bridgehead atoms. The van der Waals surface area contributed by atoms with Gasteiger partial charge in [0.1, 0.15) is 6.20 Å². The van der Waals surface area contributed by atoms with E-state index in [4.69, 9.17) is 0 Å². The summed E-state index contributed by atoms with van der Waals surface area (Å²) in [7, 11) is 0. The average Bonchev–Trinajstić information content (AvgIpc) is 2.15. The quantitative estimate of drug-likeness (QED) is 0.626. The number of nitrogens with zero attached hydrogens (tertiary/aromatic N) is 2. The van der Waals surface area contributed by atoms with Gasteiger partial charge >= 0.3 is 0 Å². The van der Waals surface area contributed by atoms with Crippen molar-refractivity contribution < 1.29 is 0 Å². The maximum absolute atomic E-state index is 3.84. The maximum atomic E-state index is 3.84. The Bertz CT molecular complexity index is 155. The highest BCUT2D eigenvalue weighted by atomic mass is 15.6. The number of rotatable bonds is 2. The lowest BCUT2D eigenvalue weighted by Gasteiger charge is -2.07. The summed E-state index contributed by atoms with van der Waals surface area (Å²) < 4.78 is 0. The summed E-state index contributed by atoms with van der Waals surface area (Å²) in [5, 5.41) is 3.84. The van der Waals surface area contributed by atoms with Crippen LogP contribution >= 0.6 is 0 Å². The van der Waals surface area contributed by atoms with Crippen LogP contribution in [0.4, 0.5) is 0 Å².